The number of nitrogens with zero attached hydrogens (tertiary/aromatic N) is 1. The molecule has 0 spiro atoms. The number of fused-ring (bicyclic) bond motifs is 5. The van der Waals surface area contributed by atoms with E-state index >= 15 is 0 Å². The average molecular weight is 488 g/mol. The molecule has 0 radical (unpaired) electrons. The van der Waals surface area contributed by atoms with Gasteiger partial charge < -0.3 is 16.2 Å². The maximum Gasteiger partial charge on any atom is 0.226 e. The van der Waals surface area contributed by atoms with Gasteiger partial charge in [0.2, 0.25) is 5.91 Å². The maximum absolute atomic E-state index is 13.2. The van der Waals surface area contributed by atoms with Gasteiger partial charge in [-0.25, -0.2) is 4.98 Å². The molecule has 1 heterocycles. The van der Waals surface area contributed by atoms with Gasteiger partial charge in [-0.2, -0.15) is 0 Å². The van der Waals surface area contributed by atoms with Crippen molar-refractivity contribution in [3.8, 4) is 5.75 Å². The molecule has 5 atom stereocenters. The van der Waals surface area contributed by atoms with Crippen LogP contribution in [-0.4, -0.2) is 21.8 Å². The van der Waals surface area contributed by atoms with Gasteiger partial charge in [-0.3, -0.25) is 9.59 Å². The number of halogens is 1. The van der Waals surface area contributed by atoms with E-state index in [1.807, 2.05) is 13.0 Å². The number of hydrogen-bond donors (Lipinski definition) is 3. The normalized spacial score (nSPS) is 30.5. The second-order valence-electron chi connectivity index (χ2n) is 10.2. The number of amides is 1. The Morgan fingerprint density at radius 1 is 1.42 bits per heavy atom. The van der Waals surface area contributed by atoms with E-state index < -0.39 is 0 Å². The summed E-state index contributed by atoms with van der Waals surface area (Å²) >= 11 is 7.93. The largest absolute Gasteiger partial charge is 0.504 e. The van der Waals surface area contributed by atoms with Crippen LogP contribution in [0.1, 0.15) is 67.4 Å². The molecule has 5 rings (SSSR count). The summed E-state index contributed by atoms with van der Waals surface area (Å²) in [6.07, 6.45) is 6.89. The lowest BCUT2D eigenvalue weighted by atomic mass is 9.54. The van der Waals surface area contributed by atoms with E-state index in [0.717, 1.165) is 41.7 Å². The van der Waals surface area contributed by atoms with Gasteiger partial charge in [-0.05, 0) is 79.9 Å². The van der Waals surface area contributed by atoms with Crippen LogP contribution >= 0.6 is 22.9 Å². The number of phenols is 1. The Kier molecular flexibility index (Phi) is 5.68. The molecule has 33 heavy (non-hydrogen) atoms. The van der Waals surface area contributed by atoms with Crippen molar-refractivity contribution in [2.75, 3.05) is 11.1 Å². The monoisotopic (exact) mass is 487 g/mol. The highest BCUT2D eigenvalue weighted by Crippen LogP contribution is 2.63. The van der Waals surface area contributed by atoms with E-state index in [0.29, 0.717) is 46.8 Å². The number of anilines is 2. The molecule has 1 amide bonds. The van der Waals surface area contributed by atoms with Crippen molar-refractivity contribution < 1.29 is 14.7 Å². The zero-order valence-electron chi connectivity index (χ0n) is 19.0. The first kappa shape index (κ1) is 22.7. The molecule has 0 saturated heterocycles. The SMILES string of the molecule is Cc1cnc(NC(=O)CCC2CC(=O)C3(C)CCC4c5cc(N)c(O)c(Cl)c5CCC4C23)s1. The van der Waals surface area contributed by atoms with Gasteiger partial charge in [-0.1, -0.05) is 18.5 Å². The van der Waals surface area contributed by atoms with Gasteiger partial charge in [0, 0.05) is 29.3 Å². The Labute approximate surface area is 202 Å². The molecule has 1 aromatic carbocycles. The number of ketones is 1. The standard InChI is InChI=1S/C25H30ClN3O3S/c1-12-11-28-24(33-12)29-20(31)6-3-13-9-19(30)25(2)8-7-14-15(21(13)25)4-5-16-17(14)10-18(27)23(32)22(16)26/h10-11,13-15,21,32H,3-9,27H2,1-2H3,(H,28,29,31). The van der Waals surface area contributed by atoms with Crippen molar-refractivity contribution in [3.05, 3.63) is 33.3 Å². The lowest BCUT2D eigenvalue weighted by molar-refractivity contribution is -0.129. The minimum absolute atomic E-state index is 0.0233. The Hall–Kier alpha value is -2.12. The van der Waals surface area contributed by atoms with Gasteiger partial charge in [0.25, 0.3) is 0 Å². The number of Topliss-reactive ketones (excluding diaryl/α,β-unsaturated/α-hetero) is 1. The minimum Gasteiger partial charge on any atom is -0.504 e. The molecule has 3 aliphatic rings. The third-order valence-corrected chi connectivity index (χ3v) is 9.66. The van der Waals surface area contributed by atoms with Gasteiger partial charge in [0.15, 0.2) is 10.9 Å². The first-order valence-corrected chi connectivity index (χ1v) is 12.9. The van der Waals surface area contributed by atoms with Crippen molar-refractivity contribution in [1.29, 1.82) is 0 Å². The number of nitrogens with two attached hydrogens (primary N) is 1. The zero-order valence-corrected chi connectivity index (χ0v) is 20.6. The van der Waals surface area contributed by atoms with E-state index in [-0.39, 0.29) is 34.8 Å². The van der Waals surface area contributed by atoms with Crippen LogP contribution in [-0.2, 0) is 16.0 Å². The summed E-state index contributed by atoms with van der Waals surface area (Å²) in [6, 6.07) is 1.89. The second kappa shape index (κ2) is 8.27. The number of rotatable bonds is 4. The molecule has 5 unspecified atom stereocenters. The predicted octanol–water partition coefficient (Wildman–Crippen LogP) is 5.46. The molecule has 4 N–H and O–H groups in total. The summed E-state index contributed by atoms with van der Waals surface area (Å²) in [7, 11) is 0. The lowest BCUT2D eigenvalue weighted by Crippen LogP contribution is -2.44. The van der Waals surface area contributed by atoms with Crippen LogP contribution in [0.2, 0.25) is 5.02 Å². The van der Waals surface area contributed by atoms with Crippen molar-refractivity contribution in [2.45, 2.75) is 64.7 Å². The first-order chi connectivity index (χ1) is 15.7. The number of carbonyl (C=O) groups is 2. The quantitative estimate of drug-likeness (QED) is 0.392. The zero-order chi connectivity index (χ0) is 23.5. The van der Waals surface area contributed by atoms with E-state index in [4.69, 9.17) is 17.3 Å². The van der Waals surface area contributed by atoms with E-state index in [1.54, 1.807) is 6.20 Å². The Morgan fingerprint density at radius 2 is 2.21 bits per heavy atom. The number of aromatic nitrogens is 1. The van der Waals surface area contributed by atoms with Gasteiger partial charge >= 0.3 is 0 Å². The highest BCUT2D eigenvalue weighted by Gasteiger charge is 2.58. The molecule has 0 bridgehead atoms. The molecule has 1 aromatic heterocycles. The van der Waals surface area contributed by atoms with Gasteiger partial charge in [-0.15, -0.1) is 11.3 Å². The van der Waals surface area contributed by atoms with Crippen LogP contribution in [0.15, 0.2) is 12.3 Å². The molecule has 2 aromatic rings. The number of carbonyl (C=O) groups excluding carboxylic acids is 2. The number of nitrogens with one attached hydrogen (secondary N) is 1. The molecule has 3 aliphatic carbocycles. The Morgan fingerprint density at radius 3 is 2.94 bits per heavy atom. The fourth-order valence-corrected chi connectivity index (χ4v) is 7.92. The molecule has 8 heteroatoms. The van der Waals surface area contributed by atoms with E-state index in [9.17, 15) is 14.7 Å². The molecule has 2 saturated carbocycles. The number of benzene rings is 1. The summed E-state index contributed by atoms with van der Waals surface area (Å²) in [6.45, 7) is 4.10. The summed E-state index contributed by atoms with van der Waals surface area (Å²) in [5.74, 6) is 1.38. The summed E-state index contributed by atoms with van der Waals surface area (Å²) < 4.78 is 0. The smallest absolute Gasteiger partial charge is 0.226 e. The number of thiazole rings is 1. The molecule has 0 aliphatic heterocycles. The van der Waals surface area contributed by atoms with E-state index in [2.05, 4.69) is 17.2 Å². The third kappa shape index (κ3) is 3.73. The second-order valence-corrected chi connectivity index (χ2v) is 11.9. The maximum atomic E-state index is 13.2. The summed E-state index contributed by atoms with van der Waals surface area (Å²) in [5, 5.41) is 14.1. The third-order valence-electron chi connectivity index (χ3n) is 8.42. The highest BCUT2D eigenvalue weighted by molar-refractivity contribution is 7.15. The van der Waals surface area contributed by atoms with Crippen molar-refractivity contribution in [1.82, 2.24) is 4.98 Å². The number of aryl methyl sites for hydroxylation is 1. The average Bonchev–Trinajstić information content (AvgIpc) is 3.30. The first-order valence-electron chi connectivity index (χ1n) is 11.7. The molecular formula is C25H30ClN3O3S. The number of phenolic OH excluding ortho intramolecular Hbond substituents is 1. The minimum atomic E-state index is -0.321. The fraction of sp³-hybridized carbons (Fsp3) is 0.560. The summed E-state index contributed by atoms with van der Waals surface area (Å²) in [4.78, 5) is 31.0. The van der Waals surface area contributed by atoms with Crippen molar-refractivity contribution >= 4 is 45.4 Å². The van der Waals surface area contributed by atoms with E-state index in [1.165, 1.54) is 11.3 Å². The van der Waals surface area contributed by atoms with Crippen LogP contribution in [0.5, 0.6) is 5.75 Å². The Bertz CT molecular complexity index is 1130. The van der Waals surface area contributed by atoms with Crippen LogP contribution < -0.4 is 11.1 Å². The summed E-state index contributed by atoms with van der Waals surface area (Å²) in [5.41, 5.74) is 8.21. The molecule has 2 fully saturated rings. The van der Waals surface area contributed by atoms with Gasteiger partial charge in [0.05, 0.1) is 10.7 Å². The van der Waals surface area contributed by atoms with Crippen LogP contribution in [0.25, 0.3) is 0 Å². The molecule has 176 valence electrons. The molecule has 6 nitrogen and oxygen atoms in total. The number of aromatic hydroxyl groups is 1. The van der Waals surface area contributed by atoms with Crippen LogP contribution in [0.3, 0.4) is 0 Å². The fourth-order valence-electron chi connectivity index (χ4n) is 6.93. The number of hydrogen-bond acceptors (Lipinski definition) is 6. The Balaban J connectivity index is 1.37. The highest BCUT2D eigenvalue weighted by atomic mass is 35.5. The molecular weight excluding hydrogens is 458 g/mol. The van der Waals surface area contributed by atoms with Gasteiger partial charge in [0.1, 0.15) is 5.78 Å². The predicted molar refractivity (Wildman–Crippen MR) is 131 cm³/mol. The lowest BCUT2D eigenvalue weighted by Gasteiger charge is -2.50. The number of nitrogen functional groups attached to an aromatic ring is 1. The topological polar surface area (TPSA) is 105 Å². The van der Waals surface area contributed by atoms with Crippen LogP contribution in [0, 0.1) is 30.1 Å². The van der Waals surface area contributed by atoms with Crippen molar-refractivity contribution in [2.24, 2.45) is 23.2 Å². The van der Waals surface area contributed by atoms with Crippen molar-refractivity contribution in [3.63, 3.8) is 0 Å². The van der Waals surface area contributed by atoms with Crippen LogP contribution in [0.4, 0.5) is 10.8 Å².